The summed E-state index contributed by atoms with van der Waals surface area (Å²) in [5.41, 5.74) is 6.69. The average molecular weight is 236 g/mol. The zero-order chi connectivity index (χ0) is 12.3. The molecule has 0 bridgehead atoms. The lowest BCUT2D eigenvalue weighted by Crippen LogP contribution is -2.15. The molecule has 3 N–H and O–H groups in total. The molecule has 1 aromatic heterocycles. The van der Waals surface area contributed by atoms with E-state index in [1.165, 1.54) is 19.5 Å². The Morgan fingerprint density at radius 3 is 2.94 bits per heavy atom. The third-order valence-electron chi connectivity index (χ3n) is 2.46. The third kappa shape index (κ3) is 2.59. The van der Waals surface area contributed by atoms with E-state index in [-0.39, 0.29) is 11.8 Å². The second-order valence-corrected chi connectivity index (χ2v) is 3.65. The van der Waals surface area contributed by atoms with E-state index in [0.717, 1.165) is 5.56 Å². The van der Waals surface area contributed by atoms with E-state index < -0.39 is 5.82 Å². The van der Waals surface area contributed by atoms with E-state index in [0.29, 0.717) is 12.2 Å². The lowest BCUT2D eigenvalue weighted by atomic mass is 10.1. The molecular formula is C11H13FN4O. The van der Waals surface area contributed by atoms with Crippen molar-refractivity contribution < 1.29 is 9.13 Å². The van der Waals surface area contributed by atoms with Gasteiger partial charge in [0, 0.05) is 0 Å². The molecule has 2 rings (SSSR count). The average Bonchev–Trinajstić information content (AvgIpc) is 2.82. The molecule has 1 unspecified atom stereocenters. The number of aromatic nitrogens is 3. The molecule has 0 saturated heterocycles. The number of nitrogens with two attached hydrogens (primary N) is 1. The van der Waals surface area contributed by atoms with Crippen molar-refractivity contribution >= 4 is 0 Å². The van der Waals surface area contributed by atoms with Gasteiger partial charge in [-0.15, -0.1) is 0 Å². The molecule has 17 heavy (non-hydrogen) atoms. The van der Waals surface area contributed by atoms with Crippen LogP contribution in [0.4, 0.5) is 4.39 Å². The molecule has 2 aromatic rings. The zero-order valence-corrected chi connectivity index (χ0v) is 9.35. The van der Waals surface area contributed by atoms with E-state index in [2.05, 4.69) is 15.2 Å². The van der Waals surface area contributed by atoms with E-state index in [1.807, 2.05) is 0 Å². The highest BCUT2D eigenvalue weighted by molar-refractivity contribution is 5.29. The van der Waals surface area contributed by atoms with Crippen LogP contribution in [0.25, 0.3) is 0 Å². The molecule has 0 aliphatic carbocycles. The topological polar surface area (TPSA) is 76.8 Å². The number of hydrogen-bond donors (Lipinski definition) is 2. The number of benzene rings is 1. The SMILES string of the molecule is COc1ccc(CC(N)c2ncn[nH]2)cc1F. The Morgan fingerprint density at radius 1 is 1.53 bits per heavy atom. The van der Waals surface area contributed by atoms with Gasteiger partial charge in [0.05, 0.1) is 13.2 Å². The molecule has 1 atom stereocenters. The van der Waals surface area contributed by atoms with Crippen LogP contribution in [0.1, 0.15) is 17.4 Å². The van der Waals surface area contributed by atoms with Gasteiger partial charge in [-0.3, -0.25) is 5.10 Å². The monoisotopic (exact) mass is 236 g/mol. The van der Waals surface area contributed by atoms with Crippen molar-refractivity contribution in [3.05, 3.63) is 41.7 Å². The highest BCUT2D eigenvalue weighted by atomic mass is 19.1. The standard InChI is InChI=1S/C11H13FN4O/c1-17-10-3-2-7(4-8(10)12)5-9(13)11-14-6-15-16-11/h2-4,6,9H,5,13H2,1H3,(H,14,15,16). The molecule has 0 fully saturated rings. The van der Waals surface area contributed by atoms with Gasteiger partial charge >= 0.3 is 0 Å². The van der Waals surface area contributed by atoms with Gasteiger partial charge in [-0.25, -0.2) is 9.37 Å². The van der Waals surface area contributed by atoms with Gasteiger partial charge in [0.1, 0.15) is 12.2 Å². The van der Waals surface area contributed by atoms with Crippen LogP contribution in [0.15, 0.2) is 24.5 Å². The highest BCUT2D eigenvalue weighted by Gasteiger charge is 2.11. The van der Waals surface area contributed by atoms with Gasteiger partial charge in [-0.2, -0.15) is 5.10 Å². The first-order valence-electron chi connectivity index (χ1n) is 5.14. The van der Waals surface area contributed by atoms with Crippen LogP contribution in [-0.2, 0) is 6.42 Å². The maximum atomic E-state index is 13.4. The Morgan fingerprint density at radius 2 is 2.35 bits per heavy atom. The van der Waals surface area contributed by atoms with E-state index >= 15 is 0 Å². The predicted octanol–water partition coefficient (Wildman–Crippen LogP) is 1.19. The molecule has 1 heterocycles. The molecule has 0 amide bonds. The van der Waals surface area contributed by atoms with E-state index in [4.69, 9.17) is 10.5 Å². The number of nitrogens with one attached hydrogen (secondary N) is 1. The molecule has 1 aromatic carbocycles. The van der Waals surface area contributed by atoms with Crippen LogP contribution in [-0.4, -0.2) is 22.3 Å². The van der Waals surface area contributed by atoms with Gasteiger partial charge < -0.3 is 10.5 Å². The summed E-state index contributed by atoms with van der Waals surface area (Å²) in [6.45, 7) is 0. The first-order chi connectivity index (χ1) is 8.20. The van der Waals surface area contributed by atoms with Crippen LogP contribution >= 0.6 is 0 Å². The summed E-state index contributed by atoms with van der Waals surface area (Å²) in [6, 6.07) is 4.44. The predicted molar refractivity (Wildman–Crippen MR) is 60.0 cm³/mol. The minimum absolute atomic E-state index is 0.224. The Labute approximate surface area is 97.8 Å². The van der Waals surface area contributed by atoms with Crippen molar-refractivity contribution in [2.75, 3.05) is 7.11 Å². The number of hydrogen-bond acceptors (Lipinski definition) is 4. The van der Waals surface area contributed by atoms with Crippen molar-refractivity contribution in [1.82, 2.24) is 15.2 Å². The smallest absolute Gasteiger partial charge is 0.165 e. The Kier molecular flexibility index (Phi) is 3.34. The Balaban J connectivity index is 2.11. The molecule has 0 radical (unpaired) electrons. The lowest BCUT2D eigenvalue weighted by molar-refractivity contribution is 0.386. The van der Waals surface area contributed by atoms with Crippen molar-refractivity contribution in [1.29, 1.82) is 0 Å². The third-order valence-corrected chi connectivity index (χ3v) is 2.46. The number of aromatic amines is 1. The van der Waals surface area contributed by atoms with Crippen molar-refractivity contribution in [2.24, 2.45) is 5.73 Å². The summed E-state index contributed by atoms with van der Waals surface area (Å²) in [5.74, 6) is 0.415. The molecule has 5 nitrogen and oxygen atoms in total. The molecule has 0 saturated carbocycles. The molecule has 90 valence electrons. The quantitative estimate of drug-likeness (QED) is 0.836. The molecule has 6 heteroatoms. The fourth-order valence-corrected chi connectivity index (χ4v) is 1.58. The molecule has 0 aliphatic heterocycles. The van der Waals surface area contributed by atoms with Crippen molar-refractivity contribution in [3.63, 3.8) is 0 Å². The van der Waals surface area contributed by atoms with Crippen LogP contribution in [0.5, 0.6) is 5.75 Å². The maximum absolute atomic E-state index is 13.4. The molecule has 0 aliphatic rings. The van der Waals surface area contributed by atoms with Crippen LogP contribution in [0.2, 0.25) is 0 Å². The maximum Gasteiger partial charge on any atom is 0.165 e. The van der Waals surface area contributed by atoms with Crippen LogP contribution in [0.3, 0.4) is 0 Å². The van der Waals surface area contributed by atoms with Crippen molar-refractivity contribution in [2.45, 2.75) is 12.5 Å². The first kappa shape index (κ1) is 11.5. The van der Waals surface area contributed by atoms with Gasteiger partial charge in [0.25, 0.3) is 0 Å². The minimum Gasteiger partial charge on any atom is -0.494 e. The van der Waals surface area contributed by atoms with Gasteiger partial charge in [-0.05, 0) is 24.1 Å². The molecule has 0 spiro atoms. The second kappa shape index (κ2) is 4.92. The van der Waals surface area contributed by atoms with Crippen molar-refractivity contribution in [3.8, 4) is 5.75 Å². The van der Waals surface area contributed by atoms with E-state index in [1.54, 1.807) is 12.1 Å². The first-order valence-corrected chi connectivity index (χ1v) is 5.14. The Hall–Kier alpha value is -1.95. The summed E-state index contributed by atoms with van der Waals surface area (Å²) in [5, 5.41) is 6.41. The zero-order valence-electron chi connectivity index (χ0n) is 9.35. The lowest BCUT2D eigenvalue weighted by Gasteiger charge is -2.09. The number of halogens is 1. The summed E-state index contributed by atoms with van der Waals surface area (Å²) in [4.78, 5) is 3.96. The number of ether oxygens (including phenoxy) is 1. The summed E-state index contributed by atoms with van der Waals surface area (Å²) in [6.07, 6.45) is 1.87. The van der Waals surface area contributed by atoms with Gasteiger partial charge in [0.15, 0.2) is 11.6 Å². The normalized spacial score (nSPS) is 12.4. The van der Waals surface area contributed by atoms with E-state index in [9.17, 15) is 4.39 Å². The number of rotatable bonds is 4. The largest absolute Gasteiger partial charge is 0.494 e. The summed E-state index contributed by atoms with van der Waals surface area (Å²) < 4.78 is 18.3. The summed E-state index contributed by atoms with van der Waals surface area (Å²) in [7, 11) is 1.43. The molecular weight excluding hydrogens is 223 g/mol. The van der Waals surface area contributed by atoms with Crippen LogP contribution in [0, 0.1) is 5.82 Å². The second-order valence-electron chi connectivity index (χ2n) is 3.65. The number of H-pyrrole nitrogens is 1. The van der Waals surface area contributed by atoms with Gasteiger partial charge in [-0.1, -0.05) is 6.07 Å². The summed E-state index contributed by atoms with van der Waals surface area (Å²) >= 11 is 0. The number of methoxy groups -OCH3 is 1. The number of nitrogens with zero attached hydrogens (tertiary/aromatic N) is 2. The Bertz CT molecular complexity index is 486. The fraction of sp³-hybridized carbons (Fsp3) is 0.273. The fourth-order valence-electron chi connectivity index (χ4n) is 1.58. The van der Waals surface area contributed by atoms with Gasteiger partial charge in [0.2, 0.25) is 0 Å². The highest BCUT2D eigenvalue weighted by Crippen LogP contribution is 2.20. The minimum atomic E-state index is -0.394. The van der Waals surface area contributed by atoms with Crippen LogP contribution < -0.4 is 10.5 Å².